The molecule has 92 valence electrons. The fourth-order valence-electron chi connectivity index (χ4n) is 1.23. The fourth-order valence-corrected chi connectivity index (χ4v) is 1.23. The third-order valence-corrected chi connectivity index (χ3v) is 2.05. The smallest absolute Gasteiger partial charge is 0.353 e. The average Bonchev–Trinajstić information content (AvgIpc) is 2.78. The number of H-pyrrole nitrogens is 1. The number of nitrogens with one attached hydrogen (secondary N) is 2. The predicted octanol–water partition coefficient (Wildman–Crippen LogP) is 0.894. The van der Waals surface area contributed by atoms with Crippen molar-refractivity contribution in [1.82, 2.24) is 15.2 Å². The molecule has 18 heavy (non-hydrogen) atoms. The molecule has 0 aromatic carbocycles. The van der Waals surface area contributed by atoms with Gasteiger partial charge in [0.15, 0.2) is 5.82 Å². The second-order valence-electron chi connectivity index (χ2n) is 3.27. The van der Waals surface area contributed by atoms with E-state index in [1.165, 1.54) is 18.3 Å². The third-order valence-electron chi connectivity index (χ3n) is 2.05. The van der Waals surface area contributed by atoms with Gasteiger partial charge in [-0.05, 0) is 12.1 Å². The molecule has 0 aliphatic carbocycles. The highest BCUT2D eigenvalue weighted by molar-refractivity contribution is 6.04. The van der Waals surface area contributed by atoms with Gasteiger partial charge in [-0.1, -0.05) is 0 Å². The Morgan fingerprint density at radius 1 is 1.44 bits per heavy atom. The molecule has 0 unspecified atom stereocenters. The van der Waals surface area contributed by atoms with E-state index < -0.39 is 17.8 Å². The van der Waals surface area contributed by atoms with Crippen LogP contribution < -0.4 is 5.32 Å². The summed E-state index contributed by atoms with van der Waals surface area (Å²) in [7, 11) is 0. The molecular weight excluding hydrogens is 243 g/mol. The Morgan fingerprint density at radius 3 is 2.83 bits per heavy atom. The van der Waals surface area contributed by atoms with E-state index in [2.05, 4.69) is 20.5 Å². The summed E-state index contributed by atoms with van der Waals surface area (Å²) in [5.41, 5.74) is -0.436. The third kappa shape index (κ3) is 2.32. The lowest BCUT2D eigenvalue weighted by Crippen LogP contribution is -2.14. The molecule has 8 heteroatoms. The number of pyridine rings is 1. The Hall–Kier alpha value is -2.77. The van der Waals surface area contributed by atoms with E-state index >= 15 is 0 Å². The minimum Gasteiger partial charge on any atom is -0.477 e. The molecule has 1 amide bonds. The molecule has 0 fully saturated rings. The normalized spacial score (nSPS) is 10.1. The number of aromatic nitrogens is 3. The van der Waals surface area contributed by atoms with Crippen molar-refractivity contribution in [3.8, 4) is 0 Å². The maximum atomic E-state index is 13.2. The van der Waals surface area contributed by atoms with Crippen LogP contribution in [-0.2, 0) is 0 Å². The largest absolute Gasteiger partial charge is 0.477 e. The molecular formula is C10H7FN4O3. The lowest BCUT2D eigenvalue weighted by Gasteiger charge is -2.01. The summed E-state index contributed by atoms with van der Waals surface area (Å²) >= 11 is 0. The van der Waals surface area contributed by atoms with Gasteiger partial charge in [0.05, 0.1) is 5.56 Å². The summed E-state index contributed by atoms with van der Waals surface area (Å²) in [6.45, 7) is 0. The van der Waals surface area contributed by atoms with Crippen LogP contribution in [0.3, 0.4) is 0 Å². The van der Waals surface area contributed by atoms with Gasteiger partial charge < -0.3 is 10.4 Å². The van der Waals surface area contributed by atoms with Gasteiger partial charge in [-0.15, -0.1) is 0 Å². The van der Waals surface area contributed by atoms with Gasteiger partial charge in [0, 0.05) is 12.3 Å². The minimum atomic E-state index is -1.21. The second-order valence-corrected chi connectivity index (χ2v) is 3.27. The van der Waals surface area contributed by atoms with Crippen molar-refractivity contribution < 1.29 is 19.1 Å². The number of nitrogens with zero attached hydrogens (tertiary/aromatic N) is 2. The lowest BCUT2D eigenvalue weighted by molar-refractivity contribution is 0.0690. The van der Waals surface area contributed by atoms with Crippen LogP contribution in [0.25, 0.3) is 0 Å². The monoisotopic (exact) mass is 250 g/mol. The SMILES string of the molecule is O=C(O)c1cc(NC(=O)c2cccnc2F)n[nH]1. The van der Waals surface area contributed by atoms with E-state index in [4.69, 9.17) is 5.11 Å². The summed E-state index contributed by atoms with van der Waals surface area (Å²) in [6, 6.07) is 3.78. The molecule has 2 rings (SSSR count). The minimum absolute atomic E-state index is 0.0133. The van der Waals surface area contributed by atoms with Crippen molar-refractivity contribution in [2.24, 2.45) is 0 Å². The Balaban J connectivity index is 2.16. The quantitative estimate of drug-likeness (QED) is 0.701. The van der Waals surface area contributed by atoms with E-state index in [0.717, 1.165) is 6.07 Å². The molecule has 2 aromatic heterocycles. The van der Waals surface area contributed by atoms with Crippen molar-refractivity contribution in [2.45, 2.75) is 0 Å². The summed E-state index contributed by atoms with van der Waals surface area (Å²) < 4.78 is 13.2. The van der Waals surface area contributed by atoms with Crippen LogP contribution in [0.2, 0.25) is 0 Å². The topological polar surface area (TPSA) is 108 Å². The molecule has 0 bridgehead atoms. The van der Waals surface area contributed by atoms with Crippen LogP contribution in [0.1, 0.15) is 20.8 Å². The number of carbonyl (C=O) groups excluding carboxylic acids is 1. The molecule has 0 radical (unpaired) electrons. The molecule has 2 heterocycles. The van der Waals surface area contributed by atoms with E-state index in [0.29, 0.717) is 0 Å². The predicted molar refractivity (Wildman–Crippen MR) is 57.7 cm³/mol. The first-order valence-electron chi connectivity index (χ1n) is 4.78. The first-order valence-corrected chi connectivity index (χ1v) is 4.78. The van der Waals surface area contributed by atoms with Crippen LogP contribution >= 0.6 is 0 Å². The standard InChI is InChI=1S/C10H7FN4O3/c11-8-5(2-1-3-12-8)9(16)13-7-4-6(10(17)18)14-15-7/h1-4H,(H,17,18)(H2,13,14,15,16). The maximum Gasteiger partial charge on any atom is 0.353 e. The number of rotatable bonds is 3. The number of carbonyl (C=O) groups is 2. The van der Waals surface area contributed by atoms with Crippen LogP contribution in [-0.4, -0.2) is 32.2 Å². The van der Waals surface area contributed by atoms with Crippen molar-refractivity contribution >= 4 is 17.7 Å². The molecule has 0 saturated carbocycles. The zero-order valence-corrected chi connectivity index (χ0v) is 8.85. The number of aromatic carboxylic acids is 1. The van der Waals surface area contributed by atoms with Gasteiger partial charge in [0.25, 0.3) is 5.91 Å². The zero-order valence-electron chi connectivity index (χ0n) is 8.85. The summed E-state index contributed by atoms with van der Waals surface area (Å²) in [4.78, 5) is 25.5. The summed E-state index contributed by atoms with van der Waals surface area (Å²) in [6.07, 6.45) is 1.21. The number of carboxylic acids is 1. The highest BCUT2D eigenvalue weighted by atomic mass is 19.1. The number of hydrogen-bond donors (Lipinski definition) is 3. The van der Waals surface area contributed by atoms with Crippen molar-refractivity contribution in [1.29, 1.82) is 0 Å². The first kappa shape index (κ1) is 11.7. The van der Waals surface area contributed by atoms with E-state index in [-0.39, 0.29) is 17.1 Å². The molecule has 0 saturated heterocycles. The maximum absolute atomic E-state index is 13.2. The Labute approximate surface area is 99.7 Å². The van der Waals surface area contributed by atoms with Crippen LogP contribution in [0.15, 0.2) is 24.4 Å². The van der Waals surface area contributed by atoms with Crippen molar-refractivity contribution in [3.05, 3.63) is 41.6 Å². The highest BCUT2D eigenvalue weighted by Crippen LogP contribution is 2.09. The first-order chi connectivity index (χ1) is 8.58. The molecule has 0 aliphatic rings. The number of carboxylic acid groups (broad SMARTS) is 1. The van der Waals surface area contributed by atoms with Crippen molar-refractivity contribution in [3.63, 3.8) is 0 Å². The van der Waals surface area contributed by atoms with E-state index in [1.807, 2.05) is 0 Å². The molecule has 3 N–H and O–H groups in total. The molecule has 0 spiro atoms. The van der Waals surface area contributed by atoms with Crippen LogP contribution in [0.5, 0.6) is 0 Å². The number of halogens is 1. The van der Waals surface area contributed by atoms with Crippen LogP contribution in [0, 0.1) is 5.95 Å². The molecule has 0 atom stereocenters. The number of amides is 1. The average molecular weight is 250 g/mol. The molecule has 7 nitrogen and oxygen atoms in total. The lowest BCUT2D eigenvalue weighted by atomic mass is 10.2. The van der Waals surface area contributed by atoms with Gasteiger partial charge in [-0.25, -0.2) is 9.78 Å². The van der Waals surface area contributed by atoms with Gasteiger partial charge in [-0.2, -0.15) is 9.49 Å². The fraction of sp³-hybridized carbons (Fsp3) is 0. The zero-order chi connectivity index (χ0) is 13.1. The Kier molecular flexibility index (Phi) is 3.00. The van der Waals surface area contributed by atoms with Gasteiger partial charge in [0.2, 0.25) is 5.95 Å². The highest BCUT2D eigenvalue weighted by Gasteiger charge is 2.14. The summed E-state index contributed by atoms with van der Waals surface area (Å²) in [5.74, 6) is -2.90. The number of hydrogen-bond acceptors (Lipinski definition) is 4. The second kappa shape index (κ2) is 4.62. The molecule has 0 aliphatic heterocycles. The van der Waals surface area contributed by atoms with Crippen LogP contribution in [0.4, 0.5) is 10.2 Å². The van der Waals surface area contributed by atoms with Gasteiger partial charge >= 0.3 is 5.97 Å². The Morgan fingerprint density at radius 2 is 2.22 bits per heavy atom. The van der Waals surface area contributed by atoms with Gasteiger partial charge in [0.1, 0.15) is 5.69 Å². The van der Waals surface area contributed by atoms with E-state index in [9.17, 15) is 14.0 Å². The number of anilines is 1. The van der Waals surface area contributed by atoms with Gasteiger partial charge in [-0.3, -0.25) is 9.89 Å². The molecule has 2 aromatic rings. The Bertz CT molecular complexity index is 611. The van der Waals surface area contributed by atoms with Crippen molar-refractivity contribution in [2.75, 3.05) is 5.32 Å². The number of aromatic amines is 1. The summed E-state index contributed by atoms with van der Waals surface area (Å²) in [5, 5.41) is 16.6. The van der Waals surface area contributed by atoms with E-state index in [1.54, 1.807) is 0 Å².